The summed E-state index contributed by atoms with van der Waals surface area (Å²) in [5.74, 6) is -0.0698. The van der Waals surface area contributed by atoms with Crippen molar-refractivity contribution in [3.8, 4) is 11.3 Å². The summed E-state index contributed by atoms with van der Waals surface area (Å²) in [6.45, 7) is 9.55. The summed E-state index contributed by atoms with van der Waals surface area (Å²) in [4.78, 5) is 27.6. The number of benzene rings is 1. The van der Waals surface area contributed by atoms with Crippen LogP contribution in [0.1, 0.15) is 52.6 Å². The molecule has 0 radical (unpaired) electrons. The Hall–Kier alpha value is -2.21. The van der Waals surface area contributed by atoms with Gasteiger partial charge < -0.3 is 10.6 Å². The second kappa shape index (κ2) is 7.78. The highest BCUT2D eigenvalue weighted by Gasteiger charge is 2.17. The van der Waals surface area contributed by atoms with E-state index in [4.69, 9.17) is 0 Å². The Kier molecular flexibility index (Phi) is 5.95. The van der Waals surface area contributed by atoms with Crippen molar-refractivity contribution in [2.45, 2.75) is 47.1 Å². The summed E-state index contributed by atoms with van der Waals surface area (Å²) in [5.41, 5.74) is 2.79. The summed E-state index contributed by atoms with van der Waals surface area (Å²) >= 11 is 1.42. The molecule has 0 spiro atoms. The minimum absolute atomic E-state index is 0.0205. The fraction of sp³-hybridized carbons (Fsp3) is 0.421. The summed E-state index contributed by atoms with van der Waals surface area (Å²) in [7, 11) is 0. The molecule has 1 heterocycles. The van der Waals surface area contributed by atoms with Crippen molar-refractivity contribution in [1.29, 1.82) is 0 Å². The van der Waals surface area contributed by atoms with E-state index < -0.39 is 0 Å². The average molecular weight is 359 g/mol. The van der Waals surface area contributed by atoms with Crippen LogP contribution in [-0.2, 0) is 9.59 Å². The number of aromatic nitrogens is 1. The van der Waals surface area contributed by atoms with Crippen molar-refractivity contribution in [2.75, 3.05) is 5.32 Å². The van der Waals surface area contributed by atoms with Gasteiger partial charge in [-0.05, 0) is 17.9 Å². The van der Waals surface area contributed by atoms with Crippen LogP contribution >= 0.6 is 11.3 Å². The van der Waals surface area contributed by atoms with Crippen LogP contribution < -0.4 is 10.6 Å². The number of carbonyl (C=O) groups excluding carboxylic acids is 2. The molecule has 2 aromatic rings. The van der Waals surface area contributed by atoms with Crippen molar-refractivity contribution in [3.05, 3.63) is 35.2 Å². The van der Waals surface area contributed by atoms with Crippen molar-refractivity contribution in [1.82, 2.24) is 10.3 Å². The van der Waals surface area contributed by atoms with Gasteiger partial charge in [0.05, 0.1) is 11.7 Å². The Morgan fingerprint density at radius 1 is 1.20 bits per heavy atom. The third-order valence-corrected chi connectivity index (χ3v) is 4.33. The van der Waals surface area contributed by atoms with Gasteiger partial charge in [-0.3, -0.25) is 9.59 Å². The Labute approximate surface area is 152 Å². The van der Waals surface area contributed by atoms with Gasteiger partial charge in [-0.15, -0.1) is 11.3 Å². The van der Waals surface area contributed by atoms with Crippen molar-refractivity contribution in [3.63, 3.8) is 0 Å². The first-order valence-corrected chi connectivity index (χ1v) is 9.15. The first-order chi connectivity index (χ1) is 11.6. The quantitative estimate of drug-likeness (QED) is 0.832. The van der Waals surface area contributed by atoms with Gasteiger partial charge in [0, 0.05) is 24.3 Å². The molecule has 1 atom stereocenters. The molecule has 0 aliphatic rings. The molecule has 6 heteroatoms. The van der Waals surface area contributed by atoms with E-state index in [1.807, 2.05) is 57.3 Å². The minimum atomic E-state index is -0.0510. The number of hydrogen-bond acceptors (Lipinski definition) is 4. The monoisotopic (exact) mass is 359 g/mol. The third-order valence-electron chi connectivity index (χ3n) is 3.57. The smallest absolute Gasteiger partial charge is 0.226 e. The lowest BCUT2D eigenvalue weighted by molar-refractivity contribution is -0.119. The topological polar surface area (TPSA) is 71.1 Å². The maximum Gasteiger partial charge on any atom is 0.226 e. The maximum atomic E-state index is 12.0. The van der Waals surface area contributed by atoms with Crippen LogP contribution in [0.15, 0.2) is 29.6 Å². The first-order valence-electron chi connectivity index (χ1n) is 8.27. The number of nitrogens with zero attached hydrogens (tertiary/aromatic N) is 1. The number of carbonyl (C=O) groups is 2. The van der Waals surface area contributed by atoms with Gasteiger partial charge in [0.15, 0.2) is 5.13 Å². The van der Waals surface area contributed by atoms with E-state index in [2.05, 4.69) is 15.6 Å². The summed E-state index contributed by atoms with van der Waals surface area (Å²) in [6, 6.07) is 7.88. The van der Waals surface area contributed by atoms with Crippen molar-refractivity contribution < 1.29 is 9.59 Å². The molecule has 1 unspecified atom stereocenters. The van der Waals surface area contributed by atoms with Crippen LogP contribution in [0.3, 0.4) is 0 Å². The van der Waals surface area contributed by atoms with Crippen LogP contribution in [-0.4, -0.2) is 16.8 Å². The Bertz CT molecular complexity index is 745. The lowest BCUT2D eigenvalue weighted by atomic mass is 9.92. The molecule has 2 rings (SSSR count). The number of rotatable bonds is 5. The Balaban J connectivity index is 2.04. The lowest BCUT2D eigenvalue weighted by Crippen LogP contribution is -2.23. The van der Waals surface area contributed by atoms with E-state index in [1.54, 1.807) is 0 Å². The molecule has 2 N–H and O–H groups in total. The number of amides is 2. The van der Waals surface area contributed by atoms with Crippen LogP contribution in [0.2, 0.25) is 0 Å². The van der Waals surface area contributed by atoms with Crippen LogP contribution in [0, 0.1) is 5.41 Å². The zero-order chi connectivity index (χ0) is 18.6. The van der Waals surface area contributed by atoms with Gasteiger partial charge in [-0.2, -0.15) is 0 Å². The molecule has 0 fully saturated rings. The van der Waals surface area contributed by atoms with E-state index in [9.17, 15) is 9.59 Å². The number of hydrogen-bond donors (Lipinski definition) is 2. The second-order valence-electron chi connectivity index (χ2n) is 7.37. The normalized spacial score (nSPS) is 12.5. The summed E-state index contributed by atoms with van der Waals surface area (Å²) < 4.78 is 0. The predicted octanol–water partition coefficient (Wildman–Crippen LogP) is 4.38. The molecule has 0 aliphatic carbocycles. The van der Waals surface area contributed by atoms with Crippen molar-refractivity contribution in [2.24, 2.45) is 5.41 Å². The molecule has 25 heavy (non-hydrogen) atoms. The SMILES string of the molecule is CC(=O)NC(C)c1ccc(-c2csc(NC(=O)CC(C)(C)C)n2)cc1. The van der Waals surface area contributed by atoms with Crippen LogP contribution in [0.4, 0.5) is 5.13 Å². The van der Waals surface area contributed by atoms with Gasteiger partial charge in [0.25, 0.3) is 0 Å². The van der Waals surface area contributed by atoms with E-state index in [-0.39, 0.29) is 23.3 Å². The van der Waals surface area contributed by atoms with E-state index in [1.165, 1.54) is 18.3 Å². The van der Waals surface area contributed by atoms with Gasteiger partial charge in [-0.1, -0.05) is 45.0 Å². The van der Waals surface area contributed by atoms with E-state index in [0.717, 1.165) is 16.8 Å². The standard InChI is InChI=1S/C19H25N3O2S/c1-12(20-13(2)23)14-6-8-15(9-7-14)16-11-25-18(21-16)22-17(24)10-19(3,4)5/h6-9,11-12H,10H2,1-5H3,(H,20,23)(H,21,22,24). The van der Waals surface area contributed by atoms with E-state index >= 15 is 0 Å². The minimum Gasteiger partial charge on any atom is -0.350 e. The zero-order valence-corrected chi connectivity index (χ0v) is 16.2. The maximum absolute atomic E-state index is 12.0. The van der Waals surface area contributed by atoms with Gasteiger partial charge >= 0.3 is 0 Å². The molecule has 0 aliphatic heterocycles. The number of anilines is 1. The van der Waals surface area contributed by atoms with Gasteiger partial charge in [0.2, 0.25) is 11.8 Å². The molecule has 1 aromatic carbocycles. The fourth-order valence-electron chi connectivity index (χ4n) is 2.44. The molecular formula is C19H25N3O2S. The fourth-order valence-corrected chi connectivity index (χ4v) is 3.18. The molecule has 1 aromatic heterocycles. The first kappa shape index (κ1) is 19.1. The molecule has 0 saturated heterocycles. The second-order valence-corrected chi connectivity index (χ2v) is 8.23. The third kappa shape index (κ3) is 5.98. The van der Waals surface area contributed by atoms with Crippen LogP contribution in [0.5, 0.6) is 0 Å². The average Bonchev–Trinajstić information content (AvgIpc) is 2.93. The predicted molar refractivity (Wildman–Crippen MR) is 102 cm³/mol. The summed E-state index contributed by atoms with van der Waals surface area (Å²) in [5, 5.41) is 8.26. The summed E-state index contributed by atoms with van der Waals surface area (Å²) in [6.07, 6.45) is 0.456. The Morgan fingerprint density at radius 2 is 1.84 bits per heavy atom. The molecular weight excluding hydrogens is 334 g/mol. The zero-order valence-electron chi connectivity index (χ0n) is 15.3. The molecule has 134 valence electrons. The van der Waals surface area contributed by atoms with Gasteiger partial charge in [-0.25, -0.2) is 4.98 Å². The Morgan fingerprint density at radius 3 is 2.40 bits per heavy atom. The largest absolute Gasteiger partial charge is 0.350 e. The molecule has 0 saturated carbocycles. The van der Waals surface area contributed by atoms with E-state index in [0.29, 0.717) is 11.6 Å². The highest BCUT2D eigenvalue weighted by Crippen LogP contribution is 2.27. The lowest BCUT2D eigenvalue weighted by Gasteiger charge is -2.16. The highest BCUT2D eigenvalue weighted by molar-refractivity contribution is 7.14. The van der Waals surface area contributed by atoms with Crippen molar-refractivity contribution >= 4 is 28.3 Å². The number of nitrogens with one attached hydrogen (secondary N) is 2. The van der Waals surface area contributed by atoms with Crippen LogP contribution in [0.25, 0.3) is 11.3 Å². The molecule has 5 nitrogen and oxygen atoms in total. The van der Waals surface area contributed by atoms with Gasteiger partial charge in [0.1, 0.15) is 0 Å². The molecule has 2 amide bonds. The highest BCUT2D eigenvalue weighted by atomic mass is 32.1. The number of thiazole rings is 1. The molecule has 0 bridgehead atoms.